The normalized spacial score (nSPS) is 15.8. The summed E-state index contributed by atoms with van der Waals surface area (Å²) < 4.78 is 5.56. The van der Waals surface area contributed by atoms with Crippen molar-refractivity contribution in [3.63, 3.8) is 0 Å². The second-order valence-electron chi connectivity index (χ2n) is 10.7. The highest BCUT2D eigenvalue weighted by atomic mass is 16.5. The highest BCUT2D eigenvalue weighted by Gasteiger charge is 2.34. The van der Waals surface area contributed by atoms with Crippen LogP contribution in [-0.4, -0.2) is 50.4 Å². The molecule has 3 heterocycles. The molecule has 188 valence electrons. The van der Waals surface area contributed by atoms with Gasteiger partial charge in [-0.3, -0.25) is 0 Å². The number of nitrogens with zero attached hydrogens (tertiary/aromatic N) is 5. The number of aromatic nitrogens is 3. The minimum absolute atomic E-state index is 0.0631. The molecule has 9 heteroatoms. The second-order valence-corrected chi connectivity index (χ2v) is 10.7. The topological polar surface area (TPSA) is 128 Å². The van der Waals surface area contributed by atoms with Gasteiger partial charge in [-0.1, -0.05) is 38.1 Å². The van der Waals surface area contributed by atoms with E-state index in [4.69, 9.17) is 4.52 Å². The van der Waals surface area contributed by atoms with Crippen LogP contribution in [-0.2, 0) is 6.42 Å². The molecule has 1 aliphatic heterocycles. The van der Waals surface area contributed by atoms with Crippen molar-refractivity contribution in [2.45, 2.75) is 59.9 Å². The summed E-state index contributed by atoms with van der Waals surface area (Å²) in [5.41, 5.74) is 5.03. The van der Waals surface area contributed by atoms with Crippen molar-refractivity contribution in [2.24, 2.45) is 5.41 Å². The summed E-state index contributed by atoms with van der Waals surface area (Å²) in [7, 11) is 0. The van der Waals surface area contributed by atoms with Gasteiger partial charge in [-0.05, 0) is 55.4 Å². The average molecular weight is 489 g/mol. The van der Waals surface area contributed by atoms with Gasteiger partial charge in [0, 0.05) is 36.8 Å². The Morgan fingerprint density at radius 2 is 2.08 bits per heavy atom. The Kier molecular flexibility index (Phi) is 6.72. The fraction of sp³-hybridized carbons (Fsp3) is 0.444. The summed E-state index contributed by atoms with van der Waals surface area (Å²) in [6, 6.07) is 8.07. The Hall–Kier alpha value is -3.93. The number of amides is 1. The molecule has 0 saturated heterocycles. The Balaban J connectivity index is 1.71. The highest BCUT2D eigenvalue weighted by Crippen LogP contribution is 2.41. The molecule has 1 aromatic carbocycles. The lowest BCUT2D eigenvalue weighted by Gasteiger charge is -2.34. The van der Waals surface area contributed by atoms with E-state index in [-0.39, 0.29) is 23.3 Å². The lowest BCUT2D eigenvalue weighted by atomic mass is 9.74. The molecule has 4 rings (SSSR count). The predicted octanol–water partition coefficient (Wildman–Crippen LogP) is 5.46. The fourth-order valence-corrected chi connectivity index (χ4v) is 4.75. The molecule has 1 unspecified atom stereocenters. The van der Waals surface area contributed by atoms with E-state index >= 15 is 0 Å². The van der Waals surface area contributed by atoms with Gasteiger partial charge in [0.1, 0.15) is 11.9 Å². The number of nitrogens with one attached hydrogen (secondary N) is 1. The highest BCUT2D eigenvalue weighted by molar-refractivity contribution is 5.68. The average Bonchev–Trinajstić information content (AvgIpc) is 3.19. The molecule has 9 nitrogen and oxygen atoms in total. The van der Waals surface area contributed by atoms with Crippen LogP contribution in [0.3, 0.4) is 0 Å². The lowest BCUT2D eigenvalue weighted by Crippen LogP contribution is -2.36. The summed E-state index contributed by atoms with van der Waals surface area (Å²) in [6.07, 6.45) is 1.34. The molecular weight excluding hydrogens is 456 g/mol. The number of carboxylic acid groups (broad SMARTS) is 1. The van der Waals surface area contributed by atoms with Gasteiger partial charge in [0.25, 0.3) is 5.89 Å². The molecule has 0 spiro atoms. The quantitative estimate of drug-likeness (QED) is 0.495. The molecule has 0 fully saturated rings. The Morgan fingerprint density at radius 3 is 2.72 bits per heavy atom. The first-order chi connectivity index (χ1) is 17.0. The first-order valence-corrected chi connectivity index (χ1v) is 12.1. The zero-order valence-electron chi connectivity index (χ0n) is 21.6. The van der Waals surface area contributed by atoms with Crippen LogP contribution in [0.15, 0.2) is 28.9 Å². The third-order valence-electron chi connectivity index (χ3n) is 6.71. The van der Waals surface area contributed by atoms with Gasteiger partial charge in [0.15, 0.2) is 0 Å². The summed E-state index contributed by atoms with van der Waals surface area (Å²) in [6.45, 7) is 13.3. The number of benzene rings is 1. The third kappa shape index (κ3) is 4.89. The molecule has 36 heavy (non-hydrogen) atoms. The monoisotopic (exact) mass is 488 g/mol. The van der Waals surface area contributed by atoms with E-state index in [1.54, 1.807) is 12.3 Å². The molecule has 2 N–H and O–H groups in total. The molecule has 0 saturated carbocycles. The molecule has 0 bridgehead atoms. The van der Waals surface area contributed by atoms with Crippen molar-refractivity contribution in [3.05, 3.63) is 46.6 Å². The van der Waals surface area contributed by atoms with Crippen LogP contribution in [0.4, 0.5) is 10.6 Å². The molecule has 1 amide bonds. The minimum Gasteiger partial charge on any atom is -0.465 e. The van der Waals surface area contributed by atoms with Crippen molar-refractivity contribution in [3.8, 4) is 28.9 Å². The lowest BCUT2D eigenvalue weighted by molar-refractivity contribution is 0.135. The van der Waals surface area contributed by atoms with Crippen LogP contribution in [0.2, 0.25) is 0 Å². The summed E-state index contributed by atoms with van der Waals surface area (Å²) in [5.74, 6) is 1.30. The third-order valence-corrected chi connectivity index (χ3v) is 6.71. The standard InChI is InChI=1S/C27H32N6O3/c1-15(2)30-23-17(12-28)11-18(13-29-23)25-31-24(32-36-25)20-7-8-21-19(16(20)3)9-10-33(26(34)35)14-22(21)27(4,5)6/h7-8,11,13,15,22H,9-10,14H2,1-6H3,(H,29,30)(H,34,35). The Morgan fingerprint density at radius 1 is 1.33 bits per heavy atom. The van der Waals surface area contributed by atoms with E-state index < -0.39 is 6.09 Å². The molecule has 1 aliphatic rings. The largest absolute Gasteiger partial charge is 0.465 e. The molecular formula is C27H32N6O3. The fourth-order valence-electron chi connectivity index (χ4n) is 4.75. The number of fused-ring (bicyclic) bond motifs is 1. The molecule has 2 aromatic heterocycles. The number of hydrogen-bond donors (Lipinski definition) is 2. The number of nitriles is 1. The summed E-state index contributed by atoms with van der Waals surface area (Å²) >= 11 is 0. The van der Waals surface area contributed by atoms with E-state index in [1.165, 1.54) is 10.5 Å². The maximum atomic E-state index is 11.8. The molecule has 0 aliphatic carbocycles. The van der Waals surface area contributed by atoms with Crippen LogP contribution in [0.1, 0.15) is 62.8 Å². The smallest absolute Gasteiger partial charge is 0.407 e. The van der Waals surface area contributed by atoms with E-state index in [0.29, 0.717) is 42.3 Å². The van der Waals surface area contributed by atoms with Crippen LogP contribution in [0.5, 0.6) is 0 Å². The number of anilines is 1. The van der Waals surface area contributed by atoms with E-state index in [1.807, 2.05) is 26.8 Å². The van der Waals surface area contributed by atoms with Crippen LogP contribution < -0.4 is 5.32 Å². The van der Waals surface area contributed by atoms with E-state index in [0.717, 1.165) is 16.7 Å². The number of hydrogen-bond acceptors (Lipinski definition) is 7. The van der Waals surface area contributed by atoms with Gasteiger partial charge >= 0.3 is 6.09 Å². The second kappa shape index (κ2) is 9.61. The van der Waals surface area contributed by atoms with E-state index in [2.05, 4.69) is 53.3 Å². The Bertz CT molecular complexity index is 1330. The molecule has 3 aromatic rings. The van der Waals surface area contributed by atoms with Gasteiger partial charge in [-0.15, -0.1) is 0 Å². The van der Waals surface area contributed by atoms with Crippen LogP contribution >= 0.6 is 0 Å². The van der Waals surface area contributed by atoms with Gasteiger partial charge in [0.05, 0.1) is 11.1 Å². The predicted molar refractivity (Wildman–Crippen MR) is 137 cm³/mol. The van der Waals surface area contributed by atoms with Crippen molar-refractivity contribution >= 4 is 11.9 Å². The van der Waals surface area contributed by atoms with Gasteiger partial charge < -0.3 is 19.8 Å². The molecule has 0 radical (unpaired) electrons. The van der Waals surface area contributed by atoms with Crippen molar-refractivity contribution < 1.29 is 14.4 Å². The van der Waals surface area contributed by atoms with Crippen molar-refractivity contribution in [1.29, 1.82) is 5.26 Å². The maximum absolute atomic E-state index is 11.8. The zero-order valence-corrected chi connectivity index (χ0v) is 21.6. The SMILES string of the molecule is Cc1c(-c2noc(-c3cnc(NC(C)C)c(C#N)c3)n2)ccc2c1CCN(C(=O)O)CC2C(C)(C)C. The first-order valence-electron chi connectivity index (χ1n) is 12.1. The van der Waals surface area contributed by atoms with Gasteiger partial charge in [-0.25, -0.2) is 9.78 Å². The van der Waals surface area contributed by atoms with Crippen molar-refractivity contribution in [2.75, 3.05) is 18.4 Å². The van der Waals surface area contributed by atoms with Crippen molar-refractivity contribution in [1.82, 2.24) is 20.0 Å². The van der Waals surface area contributed by atoms with Crippen LogP contribution in [0.25, 0.3) is 22.8 Å². The maximum Gasteiger partial charge on any atom is 0.407 e. The van der Waals surface area contributed by atoms with Gasteiger partial charge in [-0.2, -0.15) is 10.2 Å². The Labute approximate surface area is 211 Å². The summed E-state index contributed by atoms with van der Waals surface area (Å²) in [4.78, 5) is 22.3. The zero-order chi connectivity index (χ0) is 26.2. The minimum atomic E-state index is -0.891. The first kappa shape index (κ1) is 25.2. The summed E-state index contributed by atoms with van der Waals surface area (Å²) in [5, 5.41) is 26.6. The van der Waals surface area contributed by atoms with Crippen LogP contribution in [0, 0.1) is 23.7 Å². The van der Waals surface area contributed by atoms with E-state index in [9.17, 15) is 15.2 Å². The molecule has 1 atom stereocenters. The number of rotatable bonds is 4. The number of carbonyl (C=O) groups is 1. The number of pyridine rings is 1. The van der Waals surface area contributed by atoms with Gasteiger partial charge in [0.2, 0.25) is 5.82 Å².